The molecule has 0 radical (unpaired) electrons. The molecule has 0 atom stereocenters. The van der Waals surface area contributed by atoms with Gasteiger partial charge in [0.2, 0.25) is 5.91 Å². The molecule has 0 saturated heterocycles. The van der Waals surface area contributed by atoms with Crippen LogP contribution in [0.3, 0.4) is 0 Å². The Morgan fingerprint density at radius 2 is 2.19 bits per heavy atom. The average molecular weight is 439 g/mol. The fourth-order valence-electron chi connectivity index (χ4n) is 2.37. The van der Waals surface area contributed by atoms with Crippen LogP contribution in [0.4, 0.5) is 5.69 Å². The van der Waals surface area contributed by atoms with E-state index in [-0.39, 0.29) is 11.7 Å². The van der Waals surface area contributed by atoms with E-state index in [1.807, 2.05) is 16.9 Å². The van der Waals surface area contributed by atoms with Crippen LogP contribution in [0.2, 0.25) is 10.0 Å². The maximum Gasteiger partial charge on any atom is 0.234 e. The Hall–Kier alpha value is -1.80. The van der Waals surface area contributed by atoms with E-state index in [1.165, 1.54) is 16.6 Å². The maximum atomic E-state index is 12.3. The quantitative estimate of drug-likeness (QED) is 0.388. The molecule has 2 aromatic heterocycles. The first kappa shape index (κ1) is 19.9. The lowest BCUT2D eigenvalue weighted by molar-refractivity contribution is -0.113. The second kappa shape index (κ2) is 8.93. The summed E-state index contributed by atoms with van der Waals surface area (Å²) < 4.78 is 1.94. The molecule has 3 aromatic rings. The first-order valence-corrected chi connectivity index (χ1v) is 10.6. The van der Waals surface area contributed by atoms with Crippen molar-refractivity contribution in [2.75, 3.05) is 11.1 Å². The number of aromatic nitrogens is 3. The van der Waals surface area contributed by atoms with Crippen molar-refractivity contribution >= 4 is 57.9 Å². The highest BCUT2D eigenvalue weighted by Gasteiger charge is 2.16. The SMILES string of the molecule is C=CCn1c(SCC(=O)Nc2cc(Cl)ccc2Cl)nnc1-c1csc(C)c1. The summed E-state index contributed by atoms with van der Waals surface area (Å²) in [6, 6.07) is 6.99. The van der Waals surface area contributed by atoms with E-state index in [0.29, 0.717) is 27.4 Å². The second-order valence-electron chi connectivity index (χ2n) is 5.61. The summed E-state index contributed by atoms with van der Waals surface area (Å²) in [6.07, 6.45) is 1.78. The van der Waals surface area contributed by atoms with Crippen molar-refractivity contribution in [2.24, 2.45) is 0 Å². The van der Waals surface area contributed by atoms with E-state index >= 15 is 0 Å². The molecule has 1 amide bonds. The van der Waals surface area contributed by atoms with Crippen LogP contribution in [0.15, 0.2) is 47.5 Å². The molecule has 0 unspecified atom stereocenters. The first-order valence-electron chi connectivity index (χ1n) is 7.95. The van der Waals surface area contributed by atoms with Crippen molar-refractivity contribution < 1.29 is 4.79 Å². The summed E-state index contributed by atoms with van der Waals surface area (Å²) >= 11 is 15.0. The molecule has 0 saturated carbocycles. The lowest BCUT2D eigenvalue weighted by Gasteiger charge is -2.08. The molecule has 5 nitrogen and oxygen atoms in total. The number of hydrogen-bond donors (Lipinski definition) is 1. The molecule has 0 aliphatic heterocycles. The fourth-order valence-corrected chi connectivity index (χ4v) is 4.14. The number of aryl methyl sites for hydroxylation is 1. The molecule has 0 bridgehead atoms. The molecule has 0 aliphatic rings. The van der Waals surface area contributed by atoms with Gasteiger partial charge in [-0.1, -0.05) is 41.0 Å². The number of carbonyl (C=O) groups is 1. The van der Waals surface area contributed by atoms with Crippen LogP contribution in [0, 0.1) is 6.92 Å². The van der Waals surface area contributed by atoms with Crippen molar-refractivity contribution in [1.29, 1.82) is 0 Å². The number of hydrogen-bond acceptors (Lipinski definition) is 5. The lowest BCUT2D eigenvalue weighted by atomic mass is 10.3. The van der Waals surface area contributed by atoms with Crippen LogP contribution in [0.1, 0.15) is 4.88 Å². The Morgan fingerprint density at radius 3 is 2.89 bits per heavy atom. The Morgan fingerprint density at radius 1 is 1.37 bits per heavy atom. The highest BCUT2D eigenvalue weighted by molar-refractivity contribution is 7.99. The largest absolute Gasteiger partial charge is 0.324 e. The highest BCUT2D eigenvalue weighted by Crippen LogP contribution is 2.28. The van der Waals surface area contributed by atoms with Gasteiger partial charge in [0.05, 0.1) is 16.5 Å². The zero-order valence-electron chi connectivity index (χ0n) is 14.4. The predicted molar refractivity (Wildman–Crippen MR) is 114 cm³/mol. The monoisotopic (exact) mass is 438 g/mol. The number of anilines is 1. The van der Waals surface area contributed by atoms with E-state index in [9.17, 15) is 4.79 Å². The second-order valence-corrected chi connectivity index (χ2v) is 8.51. The predicted octanol–water partition coefficient (Wildman–Crippen LogP) is 5.54. The minimum atomic E-state index is -0.203. The standard InChI is InChI=1S/C18H16Cl2N4OS2/c1-3-6-24-17(12-7-11(2)26-9-12)22-23-18(24)27-10-16(25)21-15-8-13(19)4-5-14(15)20/h3-5,7-9H,1,6,10H2,2H3,(H,21,25). The number of nitrogens with one attached hydrogen (secondary N) is 1. The minimum Gasteiger partial charge on any atom is -0.324 e. The molecule has 9 heteroatoms. The van der Waals surface area contributed by atoms with Crippen LogP contribution in [-0.4, -0.2) is 26.4 Å². The average Bonchev–Trinajstić information content (AvgIpc) is 3.23. The topological polar surface area (TPSA) is 59.8 Å². The number of thioether (sulfide) groups is 1. The van der Waals surface area contributed by atoms with E-state index in [0.717, 1.165) is 11.4 Å². The van der Waals surface area contributed by atoms with Gasteiger partial charge in [0.15, 0.2) is 11.0 Å². The number of benzene rings is 1. The molecule has 27 heavy (non-hydrogen) atoms. The van der Waals surface area contributed by atoms with Crippen LogP contribution in [-0.2, 0) is 11.3 Å². The number of allylic oxidation sites excluding steroid dienone is 1. The number of amides is 1. The number of halogens is 2. The Bertz CT molecular complexity index is 984. The van der Waals surface area contributed by atoms with Gasteiger partial charge in [-0.2, -0.15) is 0 Å². The molecule has 1 aromatic carbocycles. The summed E-state index contributed by atoms with van der Waals surface area (Å²) in [5, 5.41) is 14.9. The lowest BCUT2D eigenvalue weighted by Crippen LogP contribution is -2.15. The van der Waals surface area contributed by atoms with Gasteiger partial charge in [0.25, 0.3) is 0 Å². The van der Waals surface area contributed by atoms with Crippen molar-refractivity contribution in [3.05, 3.63) is 57.2 Å². The minimum absolute atomic E-state index is 0.167. The third-order valence-corrected chi connectivity index (χ3v) is 5.94. The van der Waals surface area contributed by atoms with Gasteiger partial charge in [-0.25, -0.2) is 0 Å². The van der Waals surface area contributed by atoms with Gasteiger partial charge in [-0.15, -0.1) is 28.1 Å². The van der Waals surface area contributed by atoms with Gasteiger partial charge < -0.3 is 5.32 Å². The van der Waals surface area contributed by atoms with Crippen LogP contribution in [0.25, 0.3) is 11.4 Å². The van der Waals surface area contributed by atoms with Gasteiger partial charge >= 0.3 is 0 Å². The van der Waals surface area contributed by atoms with Crippen molar-refractivity contribution in [3.8, 4) is 11.4 Å². The van der Waals surface area contributed by atoms with Gasteiger partial charge in [-0.05, 0) is 31.2 Å². The summed E-state index contributed by atoms with van der Waals surface area (Å²) in [4.78, 5) is 13.5. The fraction of sp³-hybridized carbons (Fsp3) is 0.167. The third-order valence-electron chi connectivity index (χ3n) is 3.55. The first-order chi connectivity index (χ1) is 13.0. The number of nitrogens with zero attached hydrogens (tertiary/aromatic N) is 3. The summed E-state index contributed by atoms with van der Waals surface area (Å²) in [5.41, 5.74) is 1.49. The molecule has 0 aliphatic carbocycles. The molecular weight excluding hydrogens is 423 g/mol. The van der Waals surface area contributed by atoms with Crippen LogP contribution >= 0.6 is 46.3 Å². The molecule has 0 spiro atoms. The Balaban J connectivity index is 1.72. The summed E-state index contributed by atoms with van der Waals surface area (Å²) in [5.74, 6) is 0.728. The Labute approximate surface area is 175 Å². The van der Waals surface area contributed by atoms with Gasteiger partial charge in [0.1, 0.15) is 0 Å². The third kappa shape index (κ3) is 4.93. The molecule has 3 rings (SSSR count). The molecule has 140 valence electrons. The number of carbonyl (C=O) groups excluding carboxylic acids is 1. The smallest absolute Gasteiger partial charge is 0.234 e. The van der Waals surface area contributed by atoms with Crippen LogP contribution in [0.5, 0.6) is 0 Å². The molecule has 1 N–H and O–H groups in total. The zero-order valence-corrected chi connectivity index (χ0v) is 17.6. The Kier molecular flexibility index (Phi) is 6.59. The number of thiophene rings is 1. The molecular formula is C18H16Cl2N4OS2. The van der Waals surface area contributed by atoms with Gasteiger partial charge in [-0.3, -0.25) is 9.36 Å². The van der Waals surface area contributed by atoms with Crippen molar-refractivity contribution in [2.45, 2.75) is 18.6 Å². The van der Waals surface area contributed by atoms with Crippen LogP contribution < -0.4 is 5.32 Å². The normalized spacial score (nSPS) is 10.8. The molecule has 0 fully saturated rings. The molecule has 2 heterocycles. The highest BCUT2D eigenvalue weighted by atomic mass is 35.5. The summed E-state index contributed by atoms with van der Waals surface area (Å²) in [7, 11) is 0. The zero-order chi connectivity index (χ0) is 19.4. The van der Waals surface area contributed by atoms with E-state index in [2.05, 4.69) is 28.2 Å². The van der Waals surface area contributed by atoms with Gasteiger partial charge in [0, 0.05) is 27.4 Å². The van der Waals surface area contributed by atoms with Crippen molar-refractivity contribution in [3.63, 3.8) is 0 Å². The van der Waals surface area contributed by atoms with E-state index < -0.39 is 0 Å². The number of rotatable bonds is 7. The summed E-state index contributed by atoms with van der Waals surface area (Å²) in [6.45, 7) is 6.40. The maximum absolute atomic E-state index is 12.3. The van der Waals surface area contributed by atoms with E-state index in [4.69, 9.17) is 23.2 Å². The van der Waals surface area contributed by atoms with Crippen molar-refractivity contribution in [1.82, 2.24) is 14.8 Å². The van der Waals surface area contributed by atoms with E-state index in [1.54, 1.807) is 35.6 Å².